The van der Waals surface area contributed by atoms with Crippen molar-refractivity contribution in [3.05, 3.63) is 11.8 Å². The third-order valence-corrected chi connectivity index (χ3v) is 3.42. The second-order valence-electron chi connectivity index (χ2n) is 4.78. The number of aliphatic hydroxyl groups is 1. The van der Waals surface area contributed by atoms with Crippen LogP contribution in [-0.2, 0) is 7.05 Å². The molecule has 0 saturated carbocycles. The highest BCUT2D eigenvalue weighted by atomic mass is 16.3. The summed E-state index contributed by atoms with van der Waals surface area (Å²) in [7, 11) is 1.85. The molecule has 0 unspecified atom stereocenters. The first-order valence-corrected chi connectivity index (χ1v) is 6.50. The number of carbonyl (C=O) groups is 1. The van der Waals surface area contributed by atoms with Crippen molar-refractivity contribution in [1.29, 1.82) is 0 Å². The van der Waals surface area contributed by atoms with Gasteiger partial charge in [0.1, 0.15) is 0 Å². The first kappa shape index (κ1) is 13.8. The third-order valence-electron chi connectivity index (χ3n) is 3.42. The summed E-state index contributed by atoms with van der Waals surface area (Å²) >= 11 is 0. The van der Waals surface area contributed by atoms with Gasteiger partial charge in [0, 0.05) is 51.5 Å². The average Bonchev–Trinajstić information content (AvgIpc) is 2.69. The second-order valence-corrected chi connectivity index (χ2v) is 4.78. The van der Waals surface area contributed by atoms with E-state index in [9.17, 15) is 4.79 Å². The normalized spacial score (nSPS) is 16.7. The van der Waals surface area contributed by atoms with Gasteiger partial charge in [0.2, 0.25) is 0 Å². The summed E-state index contributed by atoms with van der Waals surface area (Å²) in [6, 6.07) is 1.74. The Kier molecular flexibility index (Phi) is 4.39. The van der Waals surface area contributed by atoms with Gasteiger partial charge < -0.3 is 10.0 Å². The lowest BCUT2D eigenvalue weighted by atomic mass is 10.3. The summed E-state index contributed by atoms with van der Waals surface area (Å²) in [5.41, 5.74) is 1.00. The third kappa shape index (κ3) is 3.45. The minimum Gasteiger partial charge on any atom is -0.395 e. The Hall–Kier alpha value is -1.60. The number of amides is 2. The zero-order valence-electron chi connectivity index (χ0n) is 11.5. The molecule has 7 nitrogen and oxygen atoms in total. The van der Waals surface area contributed by atoms with Crippen molar-refractivity contribution in [2.45, 2.75) is 6.92 Å². The van der Waals surface area contributed by atoms with Crippen LogP contribution in [-0.4, -0.2) is 70.0 Å². The molecule has 1 fully saturated rings. The van der Waals surface area contributed by atoms with Gasteiger partial charge in [-0.15, -0.1) is 0 Å². The number of anilines is 1. The van der Waals surface area contributed by atoms with Gasteiger partial charge in [0.25, 0.3) is 0 Å². The van der Waals surface area contributed by atoms with Gasteiger partial charge in [-0.25, -0.2) is 4.79 Å². The number of aromatic nitrogens is 2. The Morgan fingerprint density at radius 3 is 2.63 bits per heavy atom. The number of carbonyl (C=O) groups excluding carboxylic acids is 1. The summed E-state index contributed by atoms with van der Waals surface area (Å²) < 4.78 is 1.73. The van der Waals surface area contributed by atoms with Crippen LogP contribution in [0.1, 0.15) is 5.69 Å². The average molecular weight is 267 g/mol. The van der Waals surface area contributed by atoms with E-state index in [1.54, 1.807) is 9.58 Å². The number of rotatable bonds is 3. The quantitative estimate of drug-likeness (QED) is 0.800. The number of urea groups is 1. The van der Waals surface area contributed by atoms with Crippen LogP contribution >= 0.6 is 0 Å². The molecule has 0 radical (unpaired) electrons. The van der Waals surface area contributed by atoms with Crippen molar-refractivity contribution in [1.82, 2.24) is 19.6 Å². The van der Waals surface area contributed by atoms with Gasteiger partial charge in [-0.3, -0.25) is 14.9 Å². The van der Waals surface area contributed by atoms with Gasteiger partial charge in [0.15, 0.2) is 5.82 Å². The minimum atomic E-state index is -0.109. The molecule has 2 amide bonds. The molecular weight excluding hydrogens is 246 g/mol. The van der Waals surface area contributed by atoms with Gasteiger partial charge in [-0.2, -0.15) is 5.10 Å². The van der Waals surface area contributed by atoms with Crippen LogP contribution in [0.2, 0.25) is 0 Å². The molecule has 2 N–H and O–H groups in total. The van der Waals surface area contributed by atoms with Crippen LogP contribution in [0.25, 0.3) is 0 Å². The minimum absolute atomic E-state index is 0.109. The monoisotopic (exact) mass is 267 g/mol. The first-order valence-electron chi connectivity index (χ1n) is 6.50. The standard InChI is InChI=1S/C12H21N5O2/c1-10-9-11(14-15(10)2)13-12(19)17-5-3-16(4-6-17)7-8-18/h9,18H,3-8H2,1-2H3,(H,13,14,19). The van der Waals surface area contributed by atoms with Crippen molar-refractivity contribution >= 4 is 11.8 Å². The molecule has 106 valence electrons. The molecule has 0 spiro atoms. The molecule has 19 heavy (non-hydrogen) atoms. The summed E-state index contributed by atoms with van der Waals surface area (Å²) in [5.74, 6) is 0.586. The molecule has 1 aliphatic rings. The molecule has 0 atom stereocenters. The fourth-order valence-corrected chi connectivity index (χ4v) is 2.13. The Balaban J connectivity index is 1.84. The fourth-order valence-electron chi connectivity index (χ4n) is 2.13. The van der Waals surface area contributed by atoms with Crippen LogP contribution in [0.15, 0.2) is 6.07 Å². The van der Waals surface area contributed by atoms with E-state index in [-0.39, 0.29) is 12.6 Å². The molecule has 7 heteroatoms. The molecule has 0 aromatic carbocycles. The maximum atomic E-state index is 12.1. The predicted octanol–water partition coefficient (Wildman–Crippen LogP) is -0.130. The maximum absolute atomic E-state index is 12.1. The number of hydrogen-bond donors (Lipinski definition) is 2. The van der Waals surface area contributed by atoms with E-state index in [0.717, 1.165) is 18.8 Å². The van der Waals surface area contributed by atoms with E-state index >= 15 is 0 Å². The Labute approximate surface area is 112 Å². The number of hydrogen-bond acceptors (Lipinski definition) is 4. The highest BCUT2D eigenvalue weighted by molar-refractivity contribution is 5.88. The molecule has 1 saturated heterocycles. The van der Waals surface area contributed by atoms with E-state index in [1.165, 1.54) is 0 Å². The number of piperazine rings is 1. The Bertz CT molecular complexity index is 418. The lowest BCUT2D eigenvalue weighted by Gasteiger charge is -2.34. The van der Waals surface area contributed by atoms with Crippen LogP contribution in [0.3, 0.4) is 0 Å². The van der Waals surface area contributed by atoms with Gasteiger partial charge >= 0.3 is 6.03 Å². The van der Waals surface area contributed by atoms with E-state index < -0.39 is 0 Å². The molecule has 2 heterocycles. The zero-order valence-corrected chi connectivity index (χ0v) is 11.5. The topological polar surface area (TPSA) is 73.6 Å². The number of nitrogens with one attached hydrogen (secondary N) is 1. The summed E-state index contributed by atoms with van der Waals surface area (Å²) in [4.78, 5) is 16.0. The number of aryl methyl sites for hydroxylation is 2. The van der Waals surface area contributed by atoms with Gasteiger partial charge in [0.05, 0.1) is 6.61 Å². The Morgan fingerprint density at radius 1 is 1.42 bits per heavy atom. The highest BCUT2D eigenvalue weighted by Crippen LogP contribution is 2.09. The number of β-amino-alcohol motifs (C(OH)–C–C–N with tert-alkyl or cyclic N) is 1. The SMILES string of the molecule is Cc1cc(NC(=O)N2CCN(CCO)CC2)nn1C. The van der Waals surface area contributed by atoms with Crippen molar-refractivity contribution < 1.29 is 9.90 Å². The molecule has 0 aliphatic carbocycles. The molecule has 2 rings (SSSR count). The summed E-state index contributed by atoms with van der Waals surface area (Å²) in [6.45, 7) is 5.74. The summed E-state index contributed by atoms with van der Waals surface area (Å²) in [5, 5.41) is 15.9. The first-order chi connectivity index (χ1) is 9.10. The Morgan fingerprint density at radius 2 is 2.11 bits per heavy atom. The van der Waals surface area contributed by atoms with E-state index in [2.05, 4.69) is 15.3 Å². The maximum Gasteiger partial charge on any atom is 0.323 e. The highest BCUT2D eigenvalue weighted by Gasteiger charge is 2.21. The number of nitrogens with zero attached hydrogens (tertiary/aromatic N) is 4. The largest absolute Gasteiger partial charge is 0.395 e. The second kappa shape index (κ2) is 6.03. The van der Waals surface area contributed by atoms with Crippen LogP contribution in [0, 0.1) is 6.92 Å². The molecule has 1 aliphatic heterocycles. The summed E-state index contributed by atoms with van der Waals surface area (Å²) in [6.07, 6.45) is 0. The van der Waals surface area contributed by atoms with Crippen molar-refractivity contribution in [2.24, 2.45) is 7.05 Å². The lowest BCUT2D eigenvalue weighted by Crippen LogP contribution is -2.50. The molecule has 1 aromatic heterocycles. The van der Waals surface area contributed by atoms with Gasteiger partial charge in [-0.1, -0.05) is 0 Å². The van der Waals surface area contributed by atoms with E-state index in [0.29, 0.717) is 25.5 Å². The van der Waals surface area contributed by atoms with Gasteiger partial charge in [-0.05, 0) is 6.92 Å². The van der Waals surface area contributed by atoms with Crippen molar-refractivity contribution in [3.8, 4) is 0 Å². The zero-order chi connectivity index (χ0) is 13.8. The van der Waals surface area contributed by atoms with Crippen molar-refractivity contribution in [3.63, 3.8) is 0 Å². The van der Waals surface area contributed by atoms with Crippen LogP contribution in [0.4, 0.5) is 10.6 Å². The molecule has 1 aromatic rings. The fraction of sp³-hybridized carbons (Fsp3) is 0.667. The number of aliphatic hydroxyl groups excluding tert-OH is 1. The van der Waals surface area contributed by atoms with Crippen LogP contribution < -0.4 is 5.32 Å². The smallest absolute Gasteiger partial charge is 0.323 e. The molecule has 0 bridgehead atoms. The lowest BCUT2D eigenvalue weighted by molar-refractivity contribution is 0.127. The molecular formula is C12H21N5O2. The van der Waals surface area contributed by atoms with E-state index in [4.69, 9.17) is 5.11 Å². The predicted molar refractivity (Wildman–Crippen MR) is 72.1 cm³/mol. The van der Waals surface area contributed by atoms with E-state index in [1.807, 2.05) is 20.0 Å². The van der Waals surface area contributed by atoms with Crippen LogP contribution in [0.5, 0.6) is 0 Å². The van der Waals surface area contributed by atoms with Crippen molar-refractivity contribution in [2.75, 3.05) is 44.6 Å².